The van der Waals surface area contributed by atoms with Gasteiger partial charge in [-0.3, -0.25) is 4.79 Å². The highest BCUT2D eigenvalue weighted by molar-refractivity contribution is 5.89. The van der Waals surface area contributed by atoms with E-state index in [4.69, 9.17) is 8.94 Å². The van der Waals surface area contributed by atoms with Crippen molar-refractivity contribution in [2.75, 3.05) is 0 Å². The van der Waals surface area contributed by atoms with E-state index in [-0.39, 0.29) is 11.7 Å². The van der Waals surface area contributed by atoms with Crippen LogP contribution in [0.15, 0.2) is 27.3 Å². The molecule has 0 aliphatic carbocycles. The molecule has 2 aromatic heterocycles. The van der Waals surface area contributed by atoms with E-state index in [1.54, 1.807) is 12.3 Å². The van der Waals surface area contributed by atoms with E-state index >= 15 is 0 Å². The molecule has 0 aromatic carbocycles. The van der Waals surface area contributed by atoms with Crippen molar-refractivity contribution in [2.24, 2.45) is 0 Å². The van der Waals surface area contributed by atoms with E-state index < -0.39 is 0 Å². The number of furan rings is 1. The van der Waals surface area contributed by atoms with Crippen molar-refractivity contribution < 1.29 is 13.7 Å². The van der Waals surface area contributed by atoms with Gasteiger partial charge in [0.2, 0.25) is 5.78 Å². The lowest BCUT2D eigenvalue weighted by Gasteiger charge is -1.86. The summed E-state index contributed by atoms with van der Waals surface area (Å²) in [5.74, 6) is 0.987. The Morgan fingerprint density at radius 2 is 2.43 bits per heavy atom. The molecule has 2 aromatic rings. The van der Waals surface area contributed by atoms with Gasteiger partial charge in [0.15, 0.2) is 5.82 Å². The highest BCUT2D eigenvalue weighted by atomic mass is 16.5. The van der Waals surface area contributed by atoms with Crippen LogP contribution in [0.1, 0.15) is 29.2 Å². The van der Waals surface area contributed by atoms with Crippen LogP contribution in [0.5, 0.6) is 0 Å². The van der Waals surface area contributed by atoms with Crippen LogP contribution in [0.3, 0.4) is 0 Å². The number of rotatable bonds is 3. The quantitative estimate of drug-likeness (QED) is 0.688. The molecule has 0 atom stereocenters. The van der Waals surface area contributed by atoms with E-state index in [0.29, 0.717) is 12.2 Å². The summed E-state index contributed by atoms with van der Waals surface area (Å²) in [5, 5.41) is 3.65. The van der Waals surface area contributed by atoms with Crippen LogP contribution >= 0.6 is 0 Å². The highest BCUT2D eigenvalue weighted by Gasteiger charge is 2.11. The lowest BCUT2D eigenvalue weighted by atomic mass is 10.3. The third kappa shape index (κ3) is 1.71. The zero-order valence-corrected chi connectivity index (χ0v) is 7.56. The van der Waals surface area contributed by atoms with Crippen molar-refractivity contribution >= 4 is 5.78 Å². The van der Waals surface area contributed by atoms with E-state index in [9.17, 15) is 4.79 Å². The molecule has 0 bridgehead atoms. The van der Waals surface area contributed by atoms with Crippen LogP contribution in [-0.2, 0) is 6.42 Å². The van der Waals surface area contributed by atoms with Crippen LogP contribution in [0.4, 0.5) is 0 Å². The fourth-order valence-electron chi connectivity index (χ4n) is 1.04. The van der Waals surface area contributed by atoms with Crippen molar-refractivity contribution in [3.05, 3.63) is 35.9 Å². The molecule has 2 rings (SSSR count). The second-order valence-corrected chi connectivity index (χ2v) is 2.83. The Morgan fingerprint density at radius 3 is 3.00 bits per heavy atom. The van der Waals surface area contributed by atoms with Crippen molar-refractivity contribution in [3.63, 3.8) is 0 Å². The van der Waals surface area contributed by atoms with Gasteiger partial charge in [0.05, 0.1) is 12.7 Å². The van der Waals surface area contributed by atoms with Crippen LogP contribution < -0.4 is 0 Å². The average Bonchev–Trinajstić information content (AvgIpc) is 2.75. The third-order valence-electron chi connectivity index (χ3n) is 1.68. The Balaban J connectivity index is 2.14. The minimum absolute atomic E-state index is 0.0338. The first-order valence-corrected chi connectivity index (χ1v) is 4.11. The predicted molar refractivity (Wildman–Crippen MR) is 45.8 cm³/mol. The van der Waals surface area contributed by atoms with Gasteiger partial charge >= 0.3 is 0 Å². The van der Waals surface area contributed by atoms with Gasteiger partial charge < -0.3 is 8.94 Å². The van der Waals surface area contributed by atoms with Crippen LogP contribution in [0, 0.1) is 0 Å². The van der Waals surface area contributed by atoms with Gasteiger partial charge in [-0.2, -0.15) is 4.98 Å². The highest BCUT2D eigenvalue weighted by Crippen LogP contribution is 2.07. The maximum Gasteiger partial charge on any atom is 0.293 e. The van der Waals surface area contributed by atoms with Crippen molar-refractivity contribution in [2.45, 2.75) is 13.3 Å². The lowest BCUT2D eigenvalue weighted by molar-refractivity contribution is 0.0972. The molecule has 72 valence electrons. The van der Waals surface area contributed by atoms with E-state index in [1.807, 2.05) is 6.07 Å². The SMILES string of the molecule is CC(=O)c1nc(Cc2ccco2)no1. The van der Waals surface area contributed by atoms with Crippen molar-refractivity contribution in [1.82, 2.24) is 10.1 Å². The van der Waals surface area contributed by atoms with E-state index in [1.165, 1.54) is 6.92 Å². The fourth-order valence-corrected chi connectivity index (χ4v) is 1.04. The predicted octanol–water partition coefficient (Wildman–Crippen LogP) is 1.46. The van der Waals surface area contributed by atoms with Crippen molar-refractivity contribution in [1.29, 1.82) is 0 Å². The molecule has 0 aliphatic rings. The maximum atomic E-state index is 10.8. The number of Topliss-reactive ketones (excluding diaryl/α,β-unsaturated/α-hetero) is 1. The number of carbonyl (C=O) groups is 1. The monoisotopic (exact) mass is 192 g/mol. The van der Waals surface area contributed by atoms with Gasteiger partial charge in [0.25, 0.3) is 5.89 Å². The number of carbonyl (C=O) groups excluding carboxylic acids is 1. The van der Waals surface area contributed by atoms with E-state index in [2.05, 4.69) is 10.1 Å². The van der Waals surface area contributed by atoms with Crippen molar-refractivity contribution in [3.8, 4) is 0 Å². The molecule has 0 saturated heterocycles. The standard InChI is InChI=1S/C9H8N2O3/c1-6(12)9-10-8(11-14-9)5-7-3-2-4-13-7/h2-4H,5H2,1H3. The first-order chi connectivity index (χ1) is 6.75. The molecule has 14 heavy (non-hydrogen) atoms. The third-order valence-corrected chi connectivity index (χ3v) is 1.68. The Morgan fingerprint density at radius 1 is 1.57 bits per heavy atom. The summed E-state index contributed by atoms with van der Waals surface area (Å²) in [4.78, 5) is 14.7. The number of hydrogen-bond acceptors (Lipinski definition) is 5. The molecule has 0 saturated carbocycles. The summed E-state index contributed by atoms with van der Waals surface area (Å²) in [7, 11) is 0. The number of ketones is 1. The Labute approximate surface area is 79.7 Å². The summed E-state index contributed by atoms with van der Waals surface area (Å²) in [6.07, 6.45) is 2.01. The largest absolute Gasteiger partial charge is 0.469 e. The number of aromatic nitrogens is 2. The molecule has 0 fully saturated rings. The molecule has 0 radical (unpaired) electrons. The second-order valence-electron chi connectivity index (χ2n) is 2.83. The Bertz CT molecular complexity index is 431. The first kappa shape index (κ1) is 8.68. The fraction of sp³-hybridized carbons (Fsp3) is 0.222. The molecule has 0 N–H and O–H groups in total. The first-order valence-electron chi connectivity index (χ1n) is 4.11. The summed E-state index contributed by atoms with van der Waals surface area (Å²) in [6, 6.07) is 3.59. The summed E-state index contributed by atoms with van der Waals surface area (Å²) in [5.41, 5.74) is 0. The van der Waals surface area contributed by atoms with Gasteiger partial charge in [-0.1, -0.05) is 5.16 Å². The minimum Gasteiger partial charge on any atom is -0.469 e. The molecule has 0 amide bonds. The summed E-state index contributed by atoms with van der Waals surface area (Å²) >= 11 is 0. The zero-order chi connectivity index (χ0) is 9.97. The summed E-state index contributed by atoms with van der Waals surface area (Å²) in [6.45, 7) is 1.38. The topological polar surface area (TPSA) is 69.1 Å². The zero-order valence-electron chi connectivity index (χ0n) is 7.56. The molecule has 2 heterocycles. The van der Waals surface area contributed by atoms with Gasteiger partial charge in [-0.15, -0.1) is 0 Å². The molecule has 0 spiro atoms. The summed E-state index contributed by atoms with van der Waals surface area (Å²) < 4.78 is 9.82. The van der Waals surface area contributed by atoms with E-state index in [0.717, 1.165) is 5.76 Å². The second kappa shape index (κ2) is 3.45. The Kier molecular flexibility index (Phi) is 2.14. The smallest absolute Gasteiger partial charge is 0.293 e. The maximum absolute atomic E-state index is 10.8. The molecule has 0 unspecified atom stereocenters. The molecular formula is C9H8N2O3. The lowest BCUT2D eigenvalue weighted by Crippen LogP contribution is -1.93. The number of nitrogens with zero attached hydrogens (tertiary/aromatic N) is 2. The average molecular weight is 192 g/mol. The minimum atomic E-state index is -0.233. The van der Waals surface area contributed by atoms with Crippen LogP contribution in [0.2, 0.25) is 0 Å². The van der Waals surface area contributed by atoms with Gasteiger partial charge in [0.1, 0.15) is 5.76 Å². The molecule has 5 heteroatoms. The van der Waals surface area contributed by atoms with Gasteiger partial charge in [-0.05, 0) is 12.1 Å². The Hall–Kier alpha value is -1.91. The normalized spacial score (nSPS) is 10.4. The van der Waals surface area contributed by atoms with Crippen LogP contribution in [0.25, 0.3) is 0 Å². The molecular weight excluding hydrogens is 184 g/mol. The molecule has 0 aliphatic heterocycles. The van der Waals surface area contributed by atoms with Gasteiger partial charge in [0, 0.05) is 6.92 Å². The number of hydrogen-bond donors (Lipinski definition) is 0. The van der Waals surface area contributed by atoms with Crippen LogP contribution in [-0.4, -0.2) is 15.9 Å². The van der Waals surface area contributed by atoms with Gasteiger partial charge in [-0.25, -0.2) is 0 Å². The molecule has 5 nitrogen and oxygen atoms in total.